The Hall–Kier alpha value is -5.64. The first-order valence-electron chi connectivity index (χ1n) is 19.5. The third kappa shape index (κ3) is 6.83. The average molecular weight is 729 g/mol. The van der Waals surface area contributed by atoms with E-state index < -0.39 is 7.12 Å². The lowest BCUT2D eigenvalue weighted by Gasteiger charge is -2.32. The maximum absolute atomic E-state index is 14.0. The molecule has 2 fully saturated rings. The summed E-state index contributed by atoms with van der Waals surface area (Å²) >= 11 is 0. The van der Waals surface area contributed by atoms with Crippen LogP contribution in [0.25, 0.3) is 21.5 Å². The zero-order valence-corrected chi connectivity index (χ0v) is 31.0. The van der Waals surface area contributed by atoms with Crippen LogP contribution < -0.4 is 26.2 Å². The van der Waals surface area contributed by atoms with Crippen molar-refractivity contribution in [2.45, 2.75) is 50.6 Å². The fourth-order valence-electron chi connectivity index (χ4n) is 8.79. The molecular formula is C46H45BN4O4. The molecule has 55 heavy (non-hydrogen) atoms. The molecule has 0 unspecified atom stereocenters. The van der Waals surface area contributed by atoms with Crippen LogP contribution >= 0.6 is 0 Å². The molecule has 9 rings (SSSR count). The number of nitrogens with zero attached hydrogens (tertiary/aromatic N) is 2. The molecule has 2 amide bonds. The van der Waals surface area contributed by atoms with Crippen LogP contribution in [-0.2, 0) is 13.1 Å². The Morgan fingerprint density at radius 1 is 0.564 bits per heavy atom. The smallest absolute Gasteiger partial charge is 0.519 e. The number of carbonyl (C=O) groups is 2. The Kier molecular flexibility index (Phi) is 9.50. The molecule has 0 spiro atoms. The first-order chi connectivity index (χ1) is 26.9. The van der Waals surface area contributed by atoms with Crippen molar-refractivity contribution in [1.82, 2.24) is 9.80 Å². The van der Waals surface area contributed by atoms with Gasteiger partial charge in [0, 0.05) is 55.9 Å². The van der Waals surface area contributed by atoms with Crippen LogP contribution in [0.3, 0.4) is 0 Å². The van der Waals surface area contributed by atoms with Gasteiger partial charge >= 0.3 is 7.12 Å². The number of amides is 2. The number of carbonyl (C=O) groups excluding carboxylic acids is 2. The van der Waals surface area contributed by atoms with E-state index in [1.807, 2.05) is 76.5 Å². The third-order valence-corrected chi connectivity index (χ3v) is 11.9. The van der Waals surface area contributed by atoms with E-state index in [4.69, 9.17) is 20.8 Å². The van der Waals surface area contributed by atoms with Gasteiger partial charge in [-0.25, -0.2) is 0 Å². The van der Waals surface area contributed by atoms with E-state index in [2.05, 4.69) is 48.5 Å². The molecule has 276 valence electrons. The Morgan fingerprint density at radius 2 is 1.05 bits per heavy atom. The molecule has 9 heteroatoms. The minimum absolute atomic E-state index is 0.0342. The second kappa shape index (κ2) is 14.9. The van der Waals surface area contributed by atoms with Crippen molar-refractivity contribution in [3.8, 4) is 11.5 Å². The first-order valence-corrected chi connectivity index (χ1v) is 19.5. The van der Waals surface area contributed by atoms with Gasteiger partial charge in [-0.1, -0.05) is 91.0 Å². The minimum atomic E-state index is -0.685. The molecule has 8 nitrogen and oxygen atoms in total. The van der Waals surface area contributed by atoms with E-state index >= 15 is 0 Å². The first kappa shape index (κ1) is 35.1. The summed E-state index contributed by atoms with van der Waals surface area (Å²) in [6, 6.07) is 38.7. The van der Waals surface area contributed by atoms with Gasteiger partial charge in [0.05, 0.1) is 0 Å². The number of likely N-dealkylation sites (tertiary alicyclic amines) is 2. The molecule has 0 atom stereocenters. The Bertz CT molecular complexity index is 2420. The highest BCUT2D eigenvalue weighted by atomic mass is 16.6. The van der Waals surface area contributed by atoms with Crippen LogP contribution in [0.1, 0.15) is 80.5 Å². The zero-order valence-electron chi connectivity index (χ0n) is 31.0. The maximum atomic E-state index is 14.0. The molecule has 4 N–H and O–H groups in total. The molecule has 0 aliphatic carbocycles. The monoisotopic (exact) mass is 728 g/mol. The molecule has 0 bridgehead atoms. The summed E-state index contributed by atoms with van der Waals surface area (Å²) in [7, 11) is -0.685. The van der Waals surface area contributed by atoms with Crippen LogP contribution in [0.4, 0.5) is 0 Å². The number of hydrogen-bond acceptors (Lipinski definition) is 6. The van der Waals surface area contributed by atoms with Gasteiger partial charge in [-0.3, -0.25) is 9.59 Å². The molecule has 6 aromatic carbocycles. The molecule has 0 aromatic heterocycles. The highest BCUT2D eigenvalue weighted by Gasteiger charge is 2.36. The van der Waals surface area contributed by atoms with Crippen LogP contribution in [0, 0.1) is 0 Å². The van der Waals surface area contributed by atoms with Crippen molar-refractivity contribution >= 4 is 45.9 Å². The number of benzene rings is 6. The molecule has 3 heterocycles. The van der Waals surface area contributed by atoms with Gasteiger partial charge < -0.3 is 30.6 Å². The Morgan fingerprint density at radius 3 is 1.60 bits per heavy atom. The third-order valence-electron chi connectivity index (χ3n) is 11.9. The van der Waals surface area contributed by atoms with Crippen molar-refractivity contribution in [1.29, 1.82) is 0 Å². The molecule has 2 saturated heterocycles. The van der Waals surface area contributed by atoms with E-state index in [-0.39, 0.29) is 11.8 Å². The van der Waals surface area contributed by atoms with Gasteiger partial charge in [-0.15, -0.1) is 0 Å². The fourth-order valence-corrected chi connectivity index (χ4v) is 8.79. The predicted molar refractivity (Wildman–Crippen MR) is 219 cm³/mol. The Labute approximate surface area is 322 Å². The van der Waals surface area contributed by atoms with Crippen LogP contribution in [0.5, 0.6) is 11.5 Å². The average Bonchev–Trinajstić information content (AvgIpc) is 3.67. The second-order valence-corrected chi connectivity index (χ2v) is 15.2. The number of fused-ring (bicyclic) bond motifs is 3. The highest BCUT2D eigenvalue weighted by molar-refractivity contribution is 6.64. The zero-order chi connectivity index (χ0) is 37.5. The fraction of sp³-hybridized carbons (Fsp3) is 0.261. The van der Waals surface area contributed by atoms with Crippen molar-refractivity contribution in [2.75, 3.05) is 26.2 Å². The van der Waals surface area contributed by atoms with E-state index in [1.54, 1.807) is 0 Å². The second-order valence-electron chi connectivity index (χ2n) is 15.2. The highest BCUT2D eigenvalue weighted by Crippen LogP contribution is 2.39. The van der Waals surface area contributed by atoms with Gasteiger partial charge in [0.1, 0.15) is 11.5 Å². The van der Waals surface area contributed by atoms with Crippen molar-refractivity contribution in [3.05, 3.63) is 149 Å². The van der Waals surface area contributed by atoms with E-state index in [9.17, 15) is 9.59 Å². The lowest BCUT2D eigenvalue weighted by Crippen LogP contribution is -2.39. The van der Waals surface area contributed by atoms with Gasteiger partial charge in [0.15, 0.2) is 0 Å². The summed E-state index contributed by atoms with van der Waals surface area (Å²) in [6.07, 6.45) is 3.67. The van der Waals surface area contributed by atoms with E-state index in [0.29, 0.717) is 73.7 Å². The minimum Gasteiger partial charge on any atom is -0.519 e. The summed E-state index contributed by atoms with van der Waals surface area (Å²) in [4.78, 5) is 32.0. The molecular weight excluding hydrogens is 683 g/mol. The van der Waals surface area contributed by atoms with Crippen molar-refractivity contribution in [3.63, 3.8) is 0 Å². The molecule has 0 radical (unpaired) electrons. The van der Waals surface area contributed by atoms with Gasteiger partial charge in [-0.05, 0) is 106 Å². The number of rotatable bonds is 7. The topological polar surface area (TPSA) is 111 Å². The van der Waals surface area contributed by atoms with Gasteiger partial charge in [-0.2, -0.15) is 0 Å². The molecule has 0 saturated carbocycles. The van der Waals surface area contributed by atoms with Crippen LogP contribution in [-0.4, -0.2) is 54.9 Å². The molecule has 6 aromatic rings. The maximum Gasteiger partial charge on any atom is 0.632 e. The summed E-state index contributed by atoms with van der Waals surface area (Å²) < 4.78 is 12.8. The van der Waals surface area contributed by atoms with E-state index in [1.165, 1.54) is 11.1 Å². The summed E-state index contributed by atoms with van der Waals surface area (Å²) in [6.45, 7) is 3.88. The number of piperidine rings is 2. The Balaban J connectivity index is 0.906. The number of nitrogens with two attached hydrogens (primary N) is 2. The van der Waals surface area contributed by atoms with E-state index in [0.717, 1.165) is 63.8 Å². The molecule has 3 aliphatic heterocycles. The lowest BCUT2D eigenvalue weighted by molar-refractivity contribution is 0.0707. The lowest BCUT2D eigenvalue weighted by atomic mass is 9.78. The van der Waals surface area contributed by atoms with Gasteiger partial charge in [0.2, 0.25) is 0 Å². The normalized spacial score (nSPS) is 16.3. The quantitative estimate of drug-likeness (QED) is 0.170. The SMILES string of the molecule is NCc1cccc(C2CCN(C(=O)c3cccc4ccc(B5Oc6cc7cccc(C(=O)N8CCC(c9cccc(CN)c9)CC8)c7cc6O5)cc34)CC2)c1. The standard InChI is InChI=1S/C46H45BN4O4/c48-28-30-5-1-8-35(23-30)32-15-19-50(20-16-32)45(52)39-11-3-7-34-13-14-38(26-41(34)39)47-54-43-25-37-10-4-12-40(42(37)27-44(43)55-47)46(53)51-21-17-33(18-22-51)36-9-2-6-31(24-36)29-49/h1-14,23-27,32-33H,15-22,28-29,48-49H2. The van der Waals surface area contributed by atoms with Gasteiger partial charge in [0.25, 0.3) is 11.8 Å². The largest absolute Gasteiger partial charge is 0.632 e. The van der Waals surface area contributed by atoms with Crippen molar-refractivity contribution < 1.29 is 18.9 Å². The summed E-state index contributed by atoms with van der Waals surface area (Å²) in [5.41, 5.74) is 18.8. The summed E-state index contributed by atoms with van der Waals surface area (Å²) in [5.74, 6) is 2.14. The van der Waals surface area contributed by atoms with Crippen LogP contribution in [0.15, 0.2) is 115 Å². The van der Waals surface area contributed by atoms with Crippen molar-refractivity contribution in [2.24, 2.45) is 11.5 Å². The summed E-state index contributed by atoms with van der Waals surface area (Å²) in [5, 5.41) is 3.63. The van der Waals surface area contributed by atoms with Crippen LogP contribution in [0.2, 0.25) is 0 Å². The molecule has 3 aliphatic rings. The number of hydrogen-bond donors (Lipinski definition) is 2. The predicted octanol–water partition coefficient (Wildman–Crippen LogP) is 7.12.